The maximum atomic E-state index is 11.6. The fourth-order valence-electron chi connectivity index (χ4n) is 1.50. The van der Waals surface area contributed by atoms with Gasteiger partial charge in [0.25, 0.3) is 0 Å². The highest BCUT2D eigenvalue weighted by atomic mass is 16.6. The lowest BCUT2D eigenvalue weighted by molar-refractivity contribution is 0.0318. The maximum Gasteiger partial charge on any atom is 0.338 e. The van der Waals surface area contributed by atoms with Crippen molar-refractivity contribution in [2.45, 2.75) is 19.8 Å². The zero-order chi connectivity index (χ0) is 13.2. The van der Waals surface area contributed by atoms with E-state index in [1.165, 1.54) is 0 Å². The van der Waals surface area contributed by atoms with E-state index in [1.54, 1.807) is 12.1 Å². The molecule has 0 aromatic heterocycles. The fourth-order valence-corrected chi connectivity index (χ4v) is 1.50. The van der Waals surface area contributed by atoms with Crippen LogP contribution in [0.4, 0.5) is 0 Å². The summed E-state index contributed by atoms with van der Waals surface area (Å²) in [6.07, 6.45) is 1.79. The Bertz CT molecular complexity index is 349. The van der Waals surface area contributed by atoms with Crippen molar-refractivity contribution in [3.05, 3.63) is 35.4 Å². The highest BCUT2D eigenvalue weighted by molar-refractivity contribution is 5.89. The van der Waals surface area contributed by atoms with Crippen LogP contribution >= 0.6 is 0 Å². The Labute approximate surface area is 108 Å². The van der Waals surface area contributed by atoms with Gasteiger partial charge in [0.1, 0.15) is 6.61 Å². The van der Waals surface area contributed by atoms with E-state index in [0.29, 0.717) is 31.9 Å². The molecule has 0 aliphatic heterocycles. The second-order valence-electron chi connectivity index (χ2n) is 3.98. The van der Waals surface area contributed by atoms with Crippen molar-refractivity contribution in [1.82, 2.24) is 0 Å². The standard InChI is InChI=1S/C14H21NO3/c1-2-9-17-10-11-18-14(16)13-5-3-12(4-6-13)7-8-15/h3-6H,2,7-11,15H2,1H3. The molecule has 0 fully saturated rings. The van der Waals surface area contributed by atoms with E-state index < -0.39 is 0 Å². The molecule has 0 aliphatic rings. The molecular formula is C14H21NO3. The molecule has 0 saturated carbocycles. The van der Waals surface area contributed by atoms with Crippen molar-refractivity contribution in [1.29, 1.82) is 0 Å². The number of rotatable bonds is 8. The minimum atomic E-state index is -0.311. The van der Waals surface area contributed by atoms with Crippen molar-refractivity contribution in [3.8, 4) is 0 Å². The number of benzene rings is 1. The van der Waals surface area contributed by atoms with Crippen LogP contribution in [0.5, 0.6) is 0 Å². The fraction of sp³-hybridized carbons (Fsp3) is 0.500. The third-order valence-electron chi connectivity index (χ3n) is 2.43. The molecule has 1 aromatic rings. The number of esters is 1. The lowest BCUT2D eigenvalue weighted by Crippen LogP contribution is -2.11. The van der Waals surface area contributed by atoms with Gasteiger partial charge in [0.2, 0.25) is 0 Å². The summed E-state index contributed by atoms with van der Waals surface area (Å²) in [5.41, 5.74) is 7.15. The van der Waals surface area contributed by atoms with Gasteiger partial charge in [-0.05, 0) is 37.1 Å². The van der Waals surface area contributed by atoms with Gasteiger partial charge in [0.15, 0.2) is 0 Å². The van der Waals surface area contributed by atoms with E-state index >= 15 is 0 Å². The average molecular weight is 251 g/mol. The first-order chi connectivity index (χ1) is 8.77. The molecule has 1 rings (SSSR count). The number of carbonyl (C=O) groups excluding carboxylic acids is 1. The molecule has 100 valence electrons. The van der Waals surface area contributed by atoms with Gasteiger partial charge in [-0.25, -0.2) is 4.79 Å². The van der Waals surface area contributed by atoms with Crippen molar-refractivity contribution >= 4 is 5.97 Å². The van der Waals surface area contributed by atoms with E-state index in [-0.39, 0.29) is 5.97 Å². The summed E-state index contributed by atoms with van der Waals surface area (Å²) >= 11 is 0. The minimum absolute atomic E-state index is 0.295. The minimum Gasteiger partial charge on any atom is -0.460 e. The van der Waals surface area contributed by atoms with Crippen molar-refractivity contribution in [3.63, 3.8) is 0 Å². The molecule has 2 N–H and O–H groups in total. The predicted octanol–water partition coefficient (Wildman–Crippen LogP) is 1.77. The van der Waals surface area contributed by atoms with Gasteiger partial charge < -0.3 is 15.2 Å². The smallest absolute Gasteiger partial charge is 0.338 e. The molecule has 1 aromatic carbocycles. The lowest BCUT2D eigenvalue weighted by atomic mass is 10.1. The van der Waals surface area contributed by atoms with Crippen LogP contribution in [0.15, 0.2) is 24.3 Å². The van der Waals surface area contributed by atoms with Crippen LogP contribution < -0.4 is 5.73 Å². The lowest BCUT2D eigenvalue weighted by Gasteiger charge is -2.06. The average Bonchev–Trinajstić information content (AvgIpc) is 2.39. The molecule has 0 radical (unpaired) electrons. The van der Waals surface area contributed by atoms with Gasteiger partial charge >= 0.3 is 5.97 Å². The maximum absolute atomic E-state index is 11.6. The summed E-state index contributed by atoms with van der Waals surface area (Å²) in [5, 5.41) is 0. The first-order valence-corrected chi connectivity index (χ1v) is 6.31. The van der Waals surface area contributed by atoms with Crippen molar-refractivity contribution < 1.29 is 14.3 Å². The van der Waals surface area contributed by atoms with Gasteiger partial charge in [-0.1, -0.05) is 19.1 Å². The molecule has 4 heteroatoms. The van der Waals surface area contributed by atoms with Crippen LogP contribution in [0.2, 0.25) is 0 Å². The number of nitrogens with two attached hydrogens (primary N) is 1. The Morgan fingerprint density at radius 2 is 1.89 bits per heavy atom. The van der Waals surface area contributed by atoms with Crippen LogP contribution in [0, 0.1) is 0 Å². The zero-order valence-corrected chi connectivity index (χ0v) is 10.9. The van der Waals surface area contributed by atoms with Crippen LogP contribution in [0.3, 0.4) is 0 Å². The largest absolute Gasteiger partial charge is 0.460 e. The Morgan fingerprint density at radius 3 is 2.50 bits per heavy atom. The monoisotopic (exact) mass is 251 g/mol. The summed E-state index contributed by atoms with van der Waals surface area (Å²) in [6, 6.07) is 7.33. The number of carbonyl (C=O) groups is 1. The van der Waals surface area contributed by atoms with E-state index in [9.17, 15) is 4.79 Å². The number of hydrogen-bond donors (Lipinski definition) is 1. The van der Waals surface area contributed by atoms with Gasteiger partial charge in [-0.2, -0.15) is 0 Å². The molecule has 4 nitrogen and oxygen atoms in total. The highest BCUT2D eigenvalue weighted by Crippen LogP contribution is 2.06. The molecule has 0 amide bonds. The van der Waals surface area contributed by atoms with E-state index in [1.807, 2.05) is 19.1 Å². The molecule has 0 bridgehead atoms. The molecule has 0 unspecified atom stereocenters. The Balaban J connectivity index is 2.32. The van der Waals surface area contributed by atoms with E-state index in [2.05, 4.69) is 0 Å². The second-order valence-corrected chi connectivity index (χ2v) is 3.98. The van der Waals surface area contributed by atoms with Gasteiger partial charge in [-0.3, -0.25) is 0 Å². The third-order valence-corrected chi connectivity index (χ3v) is 2.43. The molecular weight excluding hydrogens is 230 g/mol. The van der Waals surface area contributed by atoms with Crippen LogP contribution in [0.1, 0.15) is 29.3 Å². The molecule has 18 heavy (non-hydrogen) atoms. The molecule has 0 atom stereocenters. The van der Waals surface area contributed by atoms with E-state index in [4.69, 9.17) is 15.2 Å². The SMILES string of the molecule is CCCOCCOC(=O)c1ccc(CCN)cc1. The Kier molecular flexibility index (Phi) is 7.06. The van der Waals surface area contributed by atoms with Gasteiger partial charge in [0, 0.05) is 6.61 Å². The highest BCUT2D eigenvalue weighted by Gasteiger charge is 2.06. The van der Waals surface area contributed by atoms with Crippen molar-refractivity contribution in [2.75, 3.05) is 26.4 Å². The first-order valence-electron chi connectivity index (χ1n) is 6.31. The number of hydrogen-bond acceptors (Lipinski definition) is 4. The van der Waals surface area contributed by atoms with Gasteiger partial charge in [0.05, 0.1) is 12.2 Å². The molecule has 0 spiro atoms. The van der Waals surface area contributed by atoms with Crippen LogP contribution in [-0.2, 0) is 15.9 Å². The van der Waals surface area contributed by atoms with E-state index in [0.717, 1.165) is 18.4 Å². The quantitative estimate of drug-likeness (QED) is 0.565. The molecule has 0 saturated heterocycles. The Morgan fingerprint density at radius 1 is 1.17 bits per heavy atom. The topological polar surface area (TPSA) is 61.5 Å². The molecule has 0 heterocycles. The summed E-state index contributed by atoms with van der Waals surface area (Å²) < 4.78 is 10.3. The summed E-state index contributed by atoms with van der Waals surface area (Å²) in [7, 11) is 0. The third kappa shape index (κ3) is 5.29. The van der Waals surface area contributed by atoms with Crippen LogP contribution in [-0.4, -0.2) is 32.3 Å². The normalized spacial score (nSPS) is 10.3. The second kappa shape index (κ2) is 8.66. The van der Waals surface area contributed by atoms with Gasteiger partial charge in [-0.15, -0.1) is 0 Å². The van der Waals surface area contributed by atoms with Crippen LogP contribution in [0.25, 0.3) is 0 Å². The first kappa shape index (κ1) is 14.7. The summed E-state index contributed by atoms with van der Waals surface area (Å²) in [6.45, 7) is 4.09. The number of ether oxygens (including phenoxy) is 2. The van der Waals surface area contributed by atoms with Crippen molar-refractivity contribution in [2.24, 2.45) is 5.73 Å². The summed E-state index contributed by atoms with van der Waals surface area (Å²) in [5.74, 6) is -0.311. The molecule has 0 aliphatic carbocycles. The summed E-state index contributed by atoms with van der Waals surface area (Å²) in [4.78, 5) is 11.6. The zero-order valence-electron chi connectivity index (χ0n) is 10.9. The predicted molar refractivity (Wildman–Crippen MR) is 70.6 cm³/mol. The Hall–Kier alpha value is -1.39.